The summed E-state index contributed by atoms with van der Waals surface area (Å²) < 4.78 is 5.39. The van der Waals surface area contributed by atoms with Gasteiger partial charge < -0.3 is 10.3 Å². The lowest BCUT2D eigenvalue weighted by molar-refractivity contribution is -0.117. The zero-order valence-corrected chi connectivity index (χ0v) is 6.99. The Morgan fingerprint density at radius 1 is 1.83 bits per heavy atom. The van der Waals surface area contributed by atoms with Crippen molar-refractivity contribution in [3.63, 3.8) is 0 Å². The number of carbonyl (C=O) groups is 1. The standard InChI is InChI=1S/C6H8ClN3O2/c7-10(6(11)1-3-8)5-2-4-12-9-5/h2,4H,1,3,8H2. The summed E-state index contributed by atoms with van der Waals surface area (Å²) in [5.41, 5.74) is 5.17. The van der Waals surface area contributed by atoms with Crippen LogP contribution in [0.1, 0.15) is 6.42 Å². The van der Waals surface area contributed by atoms with Crippen LogP contribution in [0, 0.1) is 0 Å². The lowest BCUT2D eigenvalue weighted by atomic mass is 10.4. The Morgan fingerprint density at radius 3 is 3.08 bits per heavy atom. The molecule has 0 saturated carbocycles. The minimum absolute atomic E-state index is 0.191. The first-order valence-corrected chi connectivity index (χ1v) is 3.68. The molecular weight excluding hydrogens is 182 g/mol. The van der Waals surface area contributed by atoms with E-state index in [-0.39, 0.29) is 24.7 Å². The summed E-state index contributed by atoms with van der Waals surface area (Å²) >= 11 is 5.58. The van der Waals surface area contributed by atoms with Gasteiger partial charge in [-0.15, -0.1) is 0 Å². The average molecular weight is 190 g/mol. The molecule has 12 heavy (non-hydrogen) atoms. The van der Waals surface area contributed by atoms with Crippen LogP contribution < -0.4 is 10.2 Å². The fourth-order valence-corrected chi connectivity index (χ4v) is 0.829. The van der Waals surface area contributed by atoms with E-state index in [1.54, 1.807) is 0 Å². The van der Waals surface area contributed by atoms with E-state index >= 15 is 0 Å². The summed E-state index contributed by atoms with van der Waals surface area (Å²) in [5.74, 6) is -0.0248. The first-order chi connectivity index (χ1) is 5.75. The highest BCUT2D eigenvalue weighted by Gasteiger charge is 2.14. The van der Waals surface area contributed by atoms with Gasteiger partial charge in [0.1, 0.15) is 6.26 Å². The Balaban J connectivity index is 2.59. The molecule has 0 spiro atoms. The third-order valence-electron chi connectivity index (χ3n) is 1.20. The van der Waals surface area contributed by atoms with E-state index in [0.29, 0.717) is 0 Å². The molecule has 0 aliphatic heterocycles. The Bertz CT molecular complexity index is 249. The monoisotopic (exact) mass is 189 g/mol. The van der Waals surface area contributed by atoms with Crippen molar-refractivity contribution in [1.29, 1.82) is 0 Å². The van der Waals surface area contributed by atoms with Gasteiger partial charge in [0, 0.05) is 30.8 Å². The molecule has 2 N–H and O–H groups in total. The van der Waals surface area contributed by atoms with Gasteiger partial charge in [0.25, 0.3) is 0 Å². The number of hydrogen-bond donors (Lipinski definition) is 1. The molecule has 0 radical (unpaired) electrons. The van der Waals surface area contributed by atoms with Crippen molar-refractivity contribution in [2.24, 2.45) is 5.73 Å². The van der Waals surface area contributed by atoms with Crippen LogP contribution in [-0.4, -0.2) is 17.6 Å². The highest BCUT2D eigenvalue weighted by atomic mass is 35.5. The number of anilines is 1. The lowest BCUT2D eigenvalue weighted by Crippen LogP contribution is -2.23. The molecular formula is C6H8ClN3O2. The van der Waals surface area contributed by atoms with Gasteiger partial charge in [0.15, 0.2) is 5.82 Å². The van der Waals surface area contributed by atoms with Gasteiger partial charge in [0.2, 0.25) is 5.91 Å². The second-order valence-electron chi connectivity index (χ2n) is 2.07. The van der Waals surface area contributed by atoms with Crippen LogP contribution >= 0.6 is 11.8 Å². The van der Waals surface area contributed by atoms with Crippen LogP contribution in [0.5, 0.6) is 0 Å². The second kappa shape index (κ2) is 4.08. The number of carbonyl (C=O) groups excluding carboxylic acids is 1. The average Bonchev–Trinajstić information content (AvgIpc) is 2.55. The number of hydrogen-bond acceptors (Lipinski definition) is 4. The molecule has 1 heterocycles. The minimum Gasteiger partial charge on any atom is -0.363 e. The summed E-state index contributed by atoms with van der Waals surface area (Å²) in [4.78, 5) is 11.1. The van der Waals surface area contributed by atoms with Gasteiger partial charge in [-0.1, -0.05) is 5.16 Å². The Morgan fingerprint density at radius 2 is 2.58 bits per heavy atom. The predicted molar refractivity (Wildman–Crippen MR) is 43.5 cm³/mol. The summed E-state index contributed by atoms with van der Waals surface area (Å²) in [6.45, 7) is 0.264. The van der Waals surface area contributed by atoms with Gasteiger partial charge in [0.05, 0.1) is 0 Å². The quantitative estimate of drug-likeness (QED) is 0.704. The zero-order valence-electron chi connectivity index (χ0n) is 6.24. The highest BCUT2D eigenvalue weighted by molar-refractivity contribution is 6.36. The Hall–Kier alpha value is -1.07. The van der Waals surface area contributed by atoms with E-state index in [0.717, 1.165) is 4.42 Å². The molecule has 1 aromatic heterocycles. The topological polar surface area (TPSA) is 72.4 Å². The molecule has 0 saturated heterocycles. The van der Waals surface area contributed by atoms with Gasteiger partial charge >= 0.3 is 0 Å². The van der Waals surface area contributed by atoms with Crippen molar-refractivity contribution < 1.29 is 9.32 Å². The fraction of sp³-hybridized carbons (Fsp3) is 0.333. The highest BCUT2D eigenvalue weighted by Crippen LogP contribution is 2.13. The Labute approximate surface area is 74.2 Å². The number of aromatic nitrogens is 1. The van der Waals surface area contributed by atoms with E-state index in [1.165, 1.54) is 12.3 Å². The SMILES string of the molecule is NCCC(=O)N(Cl)c1ccon1. The molecule has 1 rings (SSSR count). The van der Waals surface area contributed by atoms with Crippen LogP contribution in [0.15, 0.2) is 16.9 Å². The molecule has 0 aliphatic carbocycles. The number of halogens is 1. The van der Waals surface area contributed by atoms with Crippen molar-refractivity contribution in [1.82, 2.24) is 5.16 Å². The van der Waals surface area contributed by atoms with Gasteiger partial charge in [-0.05, 0) is 0 Å². The van der Waals surface area contributed by atoms with Crippen LogP contribution in [-0.2, 0) is 4.79 Å². The third kappa shape index (κ3) is 1.96. The molecule has 6 heteroatoms. The predicted octanol–water partition coefficient (Wildman–Crippen LogP) is 0.510. The second-order valence-corrected chi connectivity index (χ2v) is 2.41. The van der Waals surface area contributed by atoms with E-state index < -0.39 is 0 Å². The molecule has 0 fully saturated rings. The molecule has 0 bridgehead atoms. The van der Waals surface area contributed by atoms with E-state index in [1.807, 2.05) is 0 Å². The summed E-state index contributed by atoms with van der Waals surface area (Å²) in [5, 5.41) is 3.48. The van der Waals surface area contributed by atoms with Crippen LogP contribution in [0.2, 0.25) is 0 Å². The van der Waals surface area contributed by atoms with Crippen LogP contribution in [0.3, 0.4) is 0 Å². The minimum atomic E-state index is -0.298. The molecule has 5 nitrogen and oxygen atoms in total. The smallest absolute Gasteiger partial charge is 0.244 e. The third-order valence-corrected chi connectivity index (χ3v) is 1.56. The molecule has 0 aromatic carbocycles. The summed E-state index contributed by atoms with van der Waals surface area (Å²) in [6, 6.07) is 1.49. The molecule has 0 unspecified atom stereocenters. The zero-order chi connectivity index (χ0) is 8.97. The van der Waals surface area contributed by atoms with E-state index in [2.05, 4.69) is 9.68 Å². The molecule has 1 amide bonds. The maximum Gasteiger partial charge on any atom is 0.244 e. The first kappa shape index (κ1) is 9.02. The number of nitrogens with two attached hydrogens (primary N) is 1. The number of amides is 1. The first-order valence-electron chi connectivity index (χ1n) is 3.35. The van der Waals surface area contributed by atoms with Gasteiger partial charge in [-0.25, -0.2) is 4.42 Å². The van der Waals surface area contributed by atoms with Gasteiger partial charge in [-0.2, -0.15) is 0 Å². The van der Waals surface area contributed by atoms with Crippen molar-refractivity contribution >= 4 is 23.5 Å². The molecule has 0 aliphatic rings. The number of nitrogens with zero attached hydrogens (tertiary/aromatic N) is 2. The van der Waals surface area contributed by atoms with Crippen molar-refractivity contribution in [2.45, 2.75) is 6.42 Å². The van der Waals surface area contributed by atoms with Crippen LogP contribution in [0.25, 0.3) is 0 Å². The van der Waals surface area contributed by atoms with Crippen molar-refractivity contribution in [3.05, 3.63) is 12.3 Å². The maximum atomic E-state index is 11.1. The number of rotatable bonds is 3. The molecule has 0 atom stereocenters. The van der Waals surface area contributed by atoms with Crippen molar-refractivity contribution in [2.75, 3.05) is 11.0 Å². The maximum absolute atomic E-state index is 11.1. The normalized spacial score (nSPS) is 9.83. The van der Waals surface area contributed by atoms with E-state index in [4.69, 9.17) is 17.5 Å². The van der Waals surface area contributed by atoms with Crippen LogP contribution in [0.4, 0.5) is 5.82 Å². The fourth-order valence-electron chi connectivity index (χ4n) is 0.657. The van der Waals surface area contributed by atoms with Gasteiger partial charge in [-0.3, -0.25) is 4.79 Å². The Kier molecular flexibility index (Phi) is 3.07. The van der Waals surface area contributed by atoms with E-state index in [9.17, 15) is 4.79 Å². The molecule has 66 valence electrons. The lowest BCUT2D eigenvalue weighted by Gasteiger charge is -2.07. The largest absolute Gasteiger partial charge is 0.363 e. The van der Waals surface area contributed by atoms with Crippen molar-refractivity contribution in [3.8, 4) is 0 Å². The summed E-state index contributed by atoms with van der Waals surface area (Å²) in [6.07, 6.45) is 1.52. The summed E-state index contributed by atoms with van der Waals surface area (Å²) in [7, 11) is 0. The molecule has 1 aromatic rings.